The lowest BCUT2D eigenvalue weighted by Gasteiger charge is -2.11. The molecule has 1 unspecified atom stereocenters. The van der Waals surface area contributed by atoms with Crippen molar-refractivity contribution >= 4 is 23.2 Å². The maximum atomic E-state index is 11.5. The Morgan fingerprint density at radius 1 is 1.47 bits per heavy atom. The van der Waals surface area contributed by atoms with Crippen molar-refractivity contribution in [3.8, 4) is 0 Å². The number of hydrogen-bond donors (Lipinski definition) is 2. The third-order valence-corrected chi connectivity index (χ3v) is 3.27. The van der Waals surface area contributed by atoms with E-state index < -0.39 is 0 Å². The number of amides is 2. The van der Waals surface area contributed by atoms with Crippen LogP contribution in [0.2, 0.25) is 0 Å². The second-order valence-electron chi connectivity index (χ2n) is 3.86. The van der Waals surface area contributed by atoms with E-state index in [2.05, 4.69) is 10.6 Å². The predicted octanol–water partition coefficient (Wildman–Crippen LogP) is 1.78. The topological polar surface area (TPSA) is 58.2 Å². The molecule has 1 atom stereocenters. The van der Waals surface area contributed by atoms with Crippen LogP contribution >= 0.6 is 11.3 Å². The maximum absolute atomic E-state index is 11.5. The number of nitrogens with one attached hydrogen (secondary N) is 2. The Balaban J connectivity index is 2.20. The van der Waals surface area contributed by atoms with Gasteiger partial charge in [0.05, 0.1) is 4.88 Å². The van der Waals surface area contributed by atoms with Crippen LogP contribution in [0.3, 0.4) is 0 Å². The molecule has 0 spiro atoms. The summed E-state index contributed by atoms with van der Waals surface area (Å²) in [6, 6.07) is 3.78. The lowest BCUT2D eigenvalue weighted by molar-refractivity contribution is -0.121. The molecule has 0 aliphatic rings. The summed E-state index contributed by atoms with van der Waals surface area (Å²) in [5, 5.41) is 7.42. The van der Waals surface area contributed by atoms with Gasteiger partial charge in [0.1, 0.15) is 0 Å². The molecule has 0 saturated heterocycles. The predicted molar refractivity (Wildman–Crippen MR) is 69.2 cm³/mol. The van der Waals surface area contributed by atoms with Crippen molar-refractivity contribution in [2.45, 2.75) is 32.7 Å². The lowest BCUT2D eigenvalue weighted by Crippen LogP contribution is -2.35. The Morgan fingerprint density at radius 3 is 2.82 bits per heavy atom. The molecule has 0 saturated carbocycles. The van der Waals surface area contributed by atoms with Gasteiger partial charge in [0.25, 0.3) is 5.91 Å². The van der Waals surface area contributed by atoms with Crippen molar-refractivity contribution in [1.29, 1.82) is 0 Å². The molecule has 0 aliphatic carbocycles. The Bertz CT molecular complexity index is 363. The Kier molecular flexibility index (Phi) is 5.69. The minimum Gasteiger partial charge on any atom is -0.354 e. The summed E-state index contributed by atoms with van der Waals surface area (Å²) in [5.41, 5.74) is 0. The summed E-state index contributed by atoms with van der Waals surface area (Å²) in [5.74, 6) is -0.137. The normalized spacial score (nSPS) is 11.9. The van der Waals surface area contributed by atoms with E-state index in [1.807, 2.05) is 25.3 Å². The summed E-state index contributed by atoms with van der Waals surface area (Å²) in [6.07, 6.45) is 1.23. The van der Waals surface area contributed by atoms with Crippen LogP contribution in [0.25, 0.3) is 0 Å². The van der Waals surface area contributed by atoms with Crippen LogP contribution in [0.15, 0.2) is 17.5 Å². The zero-order valence-electron chi connectivity index (χ0n) is 10.2. The first kappa shape index (κ1) is 13.7. The zero-order valence-corrected chi connectivity index (χ0v) is 11.0. The lowest BCUT2D eigenvalue weighted by atomic mass is 10.2. The molecule has 17 heavy (non-hydrogen) atoms. The number of thiophene rings is 1. The molecular weight excluding hydrogens is 236 g/mol. The third-order valence-electron chi connectivity index (χ3n) is 2.40. The molecule has 1 rings (SSSR count). The molecule has 2 amide bonds. The molecule has 5 heteroatoms. The van der Waals surface area contributed by atoms with Gasteiger partial charge in [-0.2, -0.15) is 0 Å². The summed E-state index contributed by atoms with van der Waals surface area (Å²) in [6.45, 7) is 4.35. The van der Waals surface area contributed by atoms with E-state index in [4.69, 9.17) is 0 Å². The van der Waals surface area contributed by atoms with Crippen LogP contribution in [-0.4, -0.2) is 24.4 Å². The van der Waals surface area contributed by atoms with E-state index >= 15 is 0 Å². The van der Waals surface area contributed by atoms with Gasteiger partial charge in [0.15, 0.2) is 0 Å². The molecule has 4 nitrogen and oxygen atoms in total. The van der Waals surface area contributed by atoms with Gasteiger partial charge in [-0.1, -0.05) is 13.0 Å². The molecule has 0 aliphatic heterocycles. The van der Waals surface area contributed by atoms with Gasteiger partial charge in [-0.25, -0.2) is 0 Å². The van der Waals surface area contributed by atoms with Gasteiger partial charge in [0.2, 0.25) is 5.91 Å². The average molecular weight is 254 g/mol. The fraction of sp³-hybridized carbons (Fsp3) is 0.500. The Hall–Kier alpha value is -1.36. The first-order valence-corrected chi connectivity index (χ1v) is 6.62. The fourth-order valence-electron chi connectivity index (χ4n) is 1.23. The van der Waals surface area contributed by atoms with E-state index in [1.54, 1.807) is 6.07 Å². The van der Waals surface area contributed by atoms with Gasteiger partial charge < -0.3 is 10.6 Å². The quantitative estimate of drug-likeness (QED) is 0.813. The Morgan fingerprint density at radius 2 is 2.24 bits per heavy atom. The van der Waals surface area contributed by atoms with Crippen molar-refractivity contribution in [3.63, 3.8) is 0 Å². The highest BCUT2D eigenvalue weighted by molar-refractivity contribution is 7.12. The van der Waals surface area contributed by atoms with Crippen LogP contribution < -0.4 is 10.6 Å². The van der Waals surface area contributed by atoms with Gasteiger partial charge in [0, 0.05) is 19.0 Å². The van der Waals surface area contributed by atoms with E-state index in [9.17, 15) is 9.59 Å². The zero-order chi connectivity index (χ0) is 12.7. The first-order chi connectivity index (χ1) is 8.13. The van der Waals surface area contributed by atoms with E-state index in [1.165, 1.54) is 11.3 Å². The van der Waals surface area contributed by atoms with Gasteiger partial charge >= 0.3 is 0 Å². The number of carbonyl (C=O) groups is 2. The van der Waals surface area contributed by atoms with Crippen LogP contribution in [0.4, 0.5) is 0 Å². The molecule has 0 aromatic carbocycles. The fourth-order valence-corrected chi connectivity index (χ4v) is 1.87. The molecule has 2 N–H and O–H groups in total. The van der Waals surface area contributed by atoms with Crippen molar-refractivity contribution in [3.05, 3.63) is 22.4 Å². The summed E-state index contributed by atoms with van der Waals surface area (Å²) < 4.78 is 0. The summed E-state index contributed by atoms with van der Waals surface area (Å²) in [4.78, 5) is 23.6. The van der Waals surface area contributed by atoms with E-state index in [0.29, 0.717) is 17.8 Å². The van der Waals surface area contributed by atoms with Gasteiger partial charge in [-0.15, -0.1) is 11.3 Å². The molecule has 0 bridgehead atoms. The monoisotopic (exact) mass is 254 g/mol. The molecule has 0 radical (unpaired) electrons. The molecule has 0 fully saturated rings. The first-order valence-electron chi connectivity index (χ1n) is 5.74. The highest BCUT2D eigenvalue weighted by atomic mass is 32.1. The average Bonchev–Trinajstić information content (AvgIpc) is 2.82. The standard InChI is InChI=1S/C12H18N2O2S/c1-3-9(2)14-11(15)6-7-13-12(16)10-5-4-8-17-10/h4-5,8-9H,3,6-7H2,1-2H3,(H,13,16)(H,14,15). The van der Waals surface area contributed by atoms with E-state index in [0.717, 1.165) is 6.42 Å². The minimum absolute atomic E-state index is 0.0224. The summed E-state index contributed by atoms with van der Waals surface area (Å²) >= 11 is 1.39. The largest absolute Gasteiger partial charge is 0.354 e. The minimum atomic E-state index is -0.115. The highest BCUT2D eigenvalue weighted by Crippen LogP contribution is 2.07. The van der Waals surface area contributed by atoms with Crippen LogP contribution in [0.1, 0.15) is 36.4 Å². The molecule has 1 aromatic rings. The number of rotatable bonds is 6. The van der Waals surface area contributed by atoms with Gasteiger partial charge in [-0.3, -0.25) is 9.59 Å². The highest BCUT2D eigenvalue weighted by Gasteiger charge is 2.08. The second kappa shape index (κ2) is 7.06. The van der Waals surface area contributed by atoms with Crippen molar-refractivity contribution in [2.24, 2.45) is 0 Å². The van der Waals surface area contributed by atoms with Crippen LogP contribution in [-0.2, 0) is 4.79 Å². The van der Waals surface area contributed by atoms with Crippen molar-refractivity contribution in [2.75, 3.05) is 6.54 Å². The third kappa shape index (κ3) is 4.99. The molecular formula is C12H18N2O2S. The van der Waals surface area contributed by atoms with Crippen LogP contribution in [0, 0.1) is 0 Å². The number of carbonyl (C=O) groups excluding carboxylic acids is 2. The molecule has 1 aromatic heterocycles. The second-order valence-corrected chi connectivity index (χ2v) is 4.81. The number of hydrogen-bond acceptors (Lipinski definition) is 3. The SMILES string of the molecule is CCC(C)NC(=O)CCNC(=O)c1cccs1. The maximum Gasteiger partial charge on any atom is 0.261 e. The van der Waals surface area contributed by atoms with Crippen LogP contribution in [0.5, 0.6) is 0 Å². The summed E-state index contributed by atoms with van der Waals surface area (Å²) in [7, 11) is 0. The van der Waals surface area contributed by atoms with Gasteiger partial charge in [-0.05, 0) is 24.8 Å². The van der Waals surface area contributed by atoms with Crippen molar-refractivity contribution in [1.82, 2.24) is 10.6 Å². The molecule has 94 valence electrons. The van der Waals surface area contributed by atoms with E-state index in [-0.39, 0.29) is 17.9 Å². The smallest absolute Gasteiger partial charge is 0.261 e. The Labute approximate surface area is 105 Å². The molecule has 1 heterocycles. The van der Waals surface area contributed by atoms with Crippen molar-refractivity contribution < 1.29 is 9.59 Å².